The Labute approximate surface area is 221 Å². The van der Waals surface area contributed by atoms with Crippen molar-refractivity contribution in [1.82, 2.24) is 0 Å². The normalized spacial score (nSPS) is 12.0. The minimum absolute atomic E-state index is 1.22. The Morgan fingerprint density at radius 1 is 0.361 bits per heavy atom. The molecule has 0 nitrogen and oxygen atoms in total. The molecule has 0 heterocycles. The van der Waals surface area contributed by atoms with Gasteiger partial charge in [0.2, 0.25) is 0 Å². The zero-order valence-corrected chi connectivity index (χ0v) is 23.8. The van der Waals surface area contributed by atoms with Crippen LogP contribution in [-0.4, -0.2) is 0 Å². The number of hydrogen-bond donors (Lipinski definition) is 0. The molecule has 0 unspecified atom stereocenters. The first kappa shape index (κ1) is 27.0. The second kappa shape index (κ2) is 13.5. The molecule has 0 N–H and O–H groups in total. The SMILES string of the molecule is CCCCCc1cc(CCCCC)c2ccc3c(CCCCC)cc(CCCCC)c4ccc1c2c43. The largest absolute Gasteiger partial charge is 0.0654 e. The summed E-state index contributed by atoms with van der Waals surface area (Å²) in [5.41, 5.74) is 6.39. The van der Waals surface area contributed by atoms with Crippen LogP contribution in [0, 0.1) is 0 Å². The Kier molecular flexibility index (Phi) is 10.1. The molecule has 0 fully saturated rings. The average Bonchev–Trinajstić information content (AvgIpc) is 2.89. The monoisotopic (exact) mass is 482 g/mol. The van der Waals surface area contributed by atoms with Crippen LogP contribution >= 0.6 is 0 Å². The van der Waals surface area contributed by atoms with Crippen LogP contribution in [0.5, 0.6) is 0 Å². The van der Waals surface area contributed by atoms with E-state index in [4.69, 9.17) is 0 Å². The summed E-state index contributed by atoms with van der Waals surface area (Å²) in [6.45, 7) is 9.28. The highest BCUT2D eigenvalue weighted by molar-refractivity contribution is 6.25. The lowest BCUT2D eigenvalue weighted by atomic mass is 9.83. The van der Waals surface area contributed by atoms with Gasteiger partial charge in [0, 0.05) is 0 Å². The van der Waals surface area contributed by atoms with Gasteiger partial charge in [-0.05, 0) is 106 Å². The quantitative estimate of drug-likeness (QED) is 0.110. The maximum atomic E-state index is 2.59. The van der Waals surface area contributed by atoms with Crippen molar-refractivity contribution in [2.75, 3.05) is 0 Å². The van der Waals surface area contributed by atoms with E-state index in [9.17, 15) is 0 Å². The number of rotatable bonds is 16. The fourth-order valence-electron chi connectivity index (χ4n) is 6.39. The van der Waals surface area contributed by atoms with E-state index >= 15 is 0 Å². The van der Waals surface area contributed by atoms with Crippen LogP contribution in [0.1, 0.15) is 127 Å². The Balaban J connectivity index is 1.94. The highest BCUT2D eigenvalue weighted by Crippen LogP contribution is 2.42. The van der Waals surface area contributed by atoms with E-state index in [1.54, 1.807) is 33.0 Å². The van der Waals surface area contributed by atoms with Crippen LogP contribution < -0.4 is 0 Å². The van der Waals surface area contributed by atoms with E-state index in [1.165, 1.54) is 124 Å². The molecule has 0 atom stereocenters. The molecule has 0 saturated heterocycles. The zero-order valence-electron chi connectivity index (χ0n) is 23.8. The van der Waals surface area contributed by atoms with Gasteiger partial charge in [0.25, 0.3) is 0 Å². The van der Waals surface area contributed by atoms with Crippen molar-refractivity contribution >= 4 is 32.3 Å². The summed E-state index contributed by atoms with van der Waals surface area (Å²) in [5, 5.41) is 9.29. The van der Waals surface area contributed by atoms with Gasteiger partial charge >= 0.3 is 0 Å². The molecule has 0 spiro atoms. The van der Waals surface area contributed by atoms with Gasteiger partial charge in [-0.2, -0.15) is 0 Å². The average molecular weight is 483 g/mol. The van der Waals surface area contributed by atoms with E-state index in [0.29, 0.717) is 0 Å². The smallest absolute Gasteiger partial charge is 0.00211 e. The van der Waals surface area contributed by atoms with Crippen molar-refractivity contribution in [3.8, 4) is 0 Å². The fraction of sp³-hybridized carbons (Fsp3) is 0.556. The summed E-state index contributed by atoms with van der Waals surface area (Å²) in [5.74, 6) is 0. The molecule has 4 aromatic rings. The van der Waals surface area contributed by atoms with Gasteiger partial charge in [-0.1, -0.05) is 115 Å². The number of aryl methyl sites for hydroxylation is 4. The lowest BCUT2D eigenvalue weighted by Gasteiger charge is -2.21. The third-order valence-electron chi connectivity index (χ3n) is 8.44. The molecule has 0 aliphatic rings. The summed E-state index contributed by atoms with van der Waals surface area (Å²) in [7, 11) is 0. The van der Waals surface area contributed by atoms with E-state index in [0.717, 1.165) is 0 Å². The number of hydrogen-bond acceptors (Lipinski definition) is 0. The molecule has 0 aliphatic carbocycles. The van der Waals surface area contributed by atoms with Gasteiger partial charge in [0.1, 0.15) is 0 Å². The molecule has 0 radical (unpaired) electrons. The Morgan fingerprint density at radius 3 is 0.833 bits per heavy atom. The predicted molar refractivity (Wildman–Crippen MR) is 163 cm³/mol. The van der Waals surface area contributed by atoms with Crippen molar-refractivity contribution in [1.29, 1.82) is 0 Å². The second-order valence-corrected chi connectivity index (χ2v) is 11.3. The molecule has 194 valence electrons. The fourth-order valence-corrected chi connectivity index (χ4v) is 6.39. The van der Waals surface area contributed by atoms with Crippen LogP contribution in [0.25, 0.3) is 32.3 Å². The third-order valence-corrected chi connectivity index (χ3v) is 8.44. The van der Waals surface area contributed by atoms with Gasteiger partial charge < -0.3 is 0 Å². The van der Waals surface area contributed by atoms with Gasteiger partial charge in [-0.25, -0.2) is 0 Å². The van der Waals surface area contributed by atoms with Crippen molar-refractivity contribution in [2.24, 2.45) is 0 Å². The van der Waals surface area contributed by atoms with Crippen LogP contribution in [0.4, 0.5) is 0 Å². The molecule has 4 aromatic carbocycles. The van der Waals surface area contributed by atoms with Crippen LogP contribution in [0.15, 0.2) is 36.4 Å². The van der Waals surface area contributed by atoms with Crippen molar-refractivity contribution in [2.45, 2.75) is 130 Å². The standard InChI is InChI=1S/C36H50/c1-5-9-13-17-27-25-28(18-14-10-6-2)32-23-24-34-30(20-16-12-8-4)26-29(19-15-11-7-3)33-22-21-31(27)35(32)36(33)34/h21-26H,5-20H2,1-4H3. The van der Waals surface area contributed by atoms with E-state index in [2.05, 4.69) is 64.1 Å². The van der Waals surface area contributed by atoms with Crippen LogP contribution in [0.2, 0.25) is 0 Å². The molecule has 0 aromatic heterocycles. The molecular formula is C36H50. The molecule has 0 heteroatoms. The predicted octanol–water partition coefficient (Wildman–Crippen LogP) is 11.5. The highest BCUT2D eigenvalue weighted by Gasteiger charge is 2.18. The minimum atomic E-state index is 1.22. The van der Waals surface area contributed by atoms with Gasteiger partial charge in [0.05, 0.1) is 0 Å². The number of unbranched alkanes of at least 4 members (excludes halogenated alkanes) is 8. The summed E-state index contributed by atoms with van der Waals surface area (Å²) in [4.78, 5) is 0. The third kappa shape index (κ3) is 5.90. The maximum absolute atomic E-state index is 2.59. The summed E-state index contributed by atoms with van der Waals surface area (Å²) in [6.07, 6.45) is 20.6. The van der Waals surface area contributed by atoms with Crippen molar-refractivity contribution < 1.29 is 0 Å². The first-order chi connectivity index (χ1) is 17.7. The summed E-state index contributed by atoms with van der Waals surface area (Å²) < 4.78 is 0. The van der Waals surface area contributed by atoms with E-state index in [1.807, 2.05) is 0 Å². The second-order valence-electron chi connectivity index (χ2n) is 11.3. The zero-order chi connectivity index (χ0) is 25.3. The molecule has 4 rings (SSSR count). The minimum Gasteiger partial charge on any atom is -0.0654 e. The Morgan fingerprint density at radius 2 is 0.611 bits per heavy atom. The summed E-state index contributed by atoms with van der Waals surface area (Å²) in [6, 6.07) is 15.1. The highest BCUT2D eigenvalue weighted by atomic mass is 14.2. The Hall–Kier alpha value is -2.08. The van der Waals surface area contributed by atoms with E-state index in [-0.39, 0.29) is 0 Å². The molecular weight excluding hydrogens is 432 g/mol. The van der Waals surface area contributed by atoms with Crippen LogP contribution in [0.3, 0.4) is 0 Å². The maximum Gasteiger partial charge on any atom is -0.00211 e. The topological polar surface area (TPSA) is 0 Å². The molecule has 36 heavy (non-hydrogen) atoms. The number of benzene rings is 4. The van der Waals surface area contributed by atoms with Gasteiger partial charge in [0.15, 0.2) is 0 Å². The van der Waals surface area contributed by atoms with Crippen LogP contribution in [-0.2, 0) is 25.7 Å². The van der Waals surface area contributed by atoms with Gasteiger partial charge in [-0.15, -0.1) is 0 Å². The first-order valence-corrected chi connectivity index (χ1v) is 15.5. The molecule has 0 amide bonds. The summed E-state index contributed by atoms with van der Waals surface area (Å²) >= 11 is 0. The van der Waals surface area contributed by atoms with E-state index < -0.39 is 0 Å². The lowest BCUT2D eigenvalue weighted by Crippen LogP contribution is -2.00. The molecule has 0 aliphatic heterocycles. The molecule has 0 saturated carbocycles. The molecule has 0 bridgehead atoms. The van der Waals surface area contributed by atoms with Crippen molar-refractivity contribution in [3.05, 3.63) is 58.7 Å². The first-order valence-electron chi connectivity index (χ1n) is 15.5. The van der Waals surface area contributed by atoms with Crippen molar-refractivity contribution in [3.63, 3.8) is 0 Å². The van der Waals surface area contributed by atoms with Gasteiger partial charge in [-0.3, -0.25) is 0 Å². The Bertz CT molecular complexity index is 1040. The lowest BCUT2D eigenvalue weighted by molar-refractivity contribution is 0.711.